The summed E-state index contributed by atoms with van der Waals surface area (Å²) >= 11 is 0. The molecule has 0 aliphatic heterocycles. The van der Waals surface area contributed by atoms with Crippen LogP contribution >= 0.6 is 0 Å². The van der Waals surface area contributed by atoms with Crippen LogP contribution in [0.3, 0.4) is 0 Å². The second kappa shape index (κ2) is 11.0. The second-order valence-electron chi connectivity index (χ2n) is 7.49. The van der Waals surface area contributed by atoms with E-state index in [1.54, 1.807) is 19.2 Å². The summed E-state index contributed by atoms with van der Waals surface area (Å²) < 4.78 is 10.8. The SMILES string of the molecule is CCCCc1ccc(C#Cc2ccc(OC(=O)[C@H](C)c3cccc(OC)c3)cc2)cc1. The van der Waals surface area contributed by atoms with Crippen LogP contribution in [-0.2, 0) is 11.2 Å². The van der Waals surface area contributed by atoms with E-state index in [1.807, 2.05) is 43.3 Å². The molecule has 0 unspecified atom stereocenters. The lowest BCUT2D eigenvalue weighted by Gasteiger charge is -2.12. The van der Waals surface area contributed by atoms with Crippen LogP contribution in [0.4, 0.5) is 0 Å². The maximum absolute atomic E-state index is 12.5. The Morgan fingerprint density at radius 2 is 1.55 bits per heavy atom. The average molecular weight is 413 g/mol. The van der Waals surface area contributed by atoms with Crippen LogP contribution < -0.4 is 9.47 Å². The minimum Gasteiger partial charge on any atom is -0.497 e. The van der Waals surface area contributed by atoms with Crippen molar-refractivity contribution in [3.8, 4) is 23.3 Å². The first-order chi connectivity index (χ1) is 15.1. The topological polar surface area (TPSA) is 35.5 Å². The van der Waals surface area contributed by atoms with Gasteiger partial charge in [0.05, 0.1) is 13.0 Å². The molecule has 0 heterocycles. The molecule has 3 rings (SSSR count). The van der Waals surface area contributed by atoms with E-state index in [4.69, 9.17) is 9.47 Å². The fourth-order valence-corrected chi connectivity index (χ4v) is 3.14. The molecule has 0 saturated heterocycles. The van der Waals surface area contributed by atoms with Crippen molar-refractivity contribution in [2.75, 3.05) is 7.11 Å². The molecule has 0 N–H and O–H groups in total. The maximum atomic E-state index is 12.5. The van der Waals surface area contributed by atoms with Crippen LogP contribution in [0.25, 0.3) is 0 Å². The quantitative estimate of drug-likeness (QED) is 0.265. The highest BCUT2D eigenvalue weighted by atomic mass is 16.5. The maximum Gasteiger partial charge on any atom is 0.318 e. The van der Waals surface area contributed by atoms with Gasteiger partial charge >= 0.3 is 5.97 Å². The van der Waals surface area contributed by atoms with E-state index >= 15 is 0 Å². The summed E-state index contributed by atoms with van der Waals surface area (Å²) in [4.78, 5) is 12.5. The average Bonchev–Trinajstić information content (AvgIpc) is 2.82. The van der Waals surface area contributed by atoms with Gasteiger partial charge in [-0.3, -0.25) is 4.79 Å². The summed E-state index contributed by atoms with van der Waals surface area (Å²) in [5, 5.41) is 0. The molecule has 3 heteroatoms. The van der Waals surface area contributed by atoms with E-state index in [2.05, 4.69) is 43.0 Å². The number of hydrogen-bond acceptors (Lipinski definition) is 3. The molecule has 31 heavy (non-hydrogen) atoms. The molecular weight excluding hydrogens is 384 g/mol. The molecule has 3 nitrogen and oxygen atoms in total. The van der Waals surface area contributed by atoms with Crippen molar-refractivity contribution in [3.63, 3.8) is 0 Å². The van der Waals surface area contributed by atoms with Gasteiger partial charge in [-0.25, -0.2) is 0 Å². The number of benzene rings is 3. The van der Waals surface area contributed by atoms with Gasteiger partial charge in [0.1, 0.15) is 11.5 Å². The fraction of sp³-hybridized carbons (Fsp3) is 0.250. The summed E-state index contributed by atoms with van der Waals surface area (Å²) in [6.45, 7) is 4.03. The molecule has 3 aromatic carbocycles. The van der Waals surface area contributed by atoms with Gasteiger partial charge in [0.15, 0.2) is 0 Å². The Bertz CT molecular complexity index is 1050. The first-order valence-corrected chi connectivity index (χ1v) is 10.7. The molecule has 0 amide bonds. The second-order valence-corrected chi connectivity index (χ2v) is 7.49. The highest BCUT2D eigenvalue weighted by molar-refractivity contribution is 5.80. The lowest BCUT2D eigenvalue weighted by Crippen LogP contribution is -2.16. The number of rotatable bonds is 7. The fourth-order valence-electron chi connectivity index (χ4n) is 3.14. The lowest BCUT2D eigenvalue weighted by atomic mass is 10.0. The number of methoxy groups -OCH3 is 1. The monoisotopic (exact) mass is 412 g/mol. The third-order valence-electron chi connectivity index (χ3n) is 5.14. The minimum atomic E-state index is -0.394. The van der Waals surface area contributed by atoms with E-state index in [9.17, 15) is 4.79 Å². The molecule has 158 valence electrons. The van der Waals surface area contributed by atoms with Crippen molar-refractivity contribution < 1.29 is 14.3 Å². The molecule has 0 radical (unpaired) electrons. The molecule has 3 aromatic rings. The van der Waals surface area contributed by atoms with Crippen LogP contribution in [0, 0.1) is 11.8 Å². The Morgan fingerprint density at radius 3 is 2.16 bits per heavy atom. The Kier molecular flexibility index (Phi) is 7.90. The van der Waals surface area contributed by atoms with Gasteiger partial charge in [0.2, 0.25) is 0 Å². The Morgan fingerprint density at radius 1 is 0.903 bits per heavy atom. The molecule has 0 aliphatic rings. The van der Waals surface area contributed by atoms with Crippen molar-refractivity contribution in [2.45, 2.75) is 39.0 Å². The predicted molar refractivity (Wildman–Crippen MR) is 125 cm³/mol. The van der Waals surface area contributed by atoms with Crippen molar-refractivity contribution >= 4 is 5.97 Å². The summed E-state index contributed by atoms with van der Waals surface area (Å²) in [6.07, 6.45) is 3.52. The van der Waals surface area contributed by atoms with Gasteiger partial charge in [0, 0.05) is 11.1 Å². The normalized spacial score (nSPS) is 11.2. The van der Waals surface area contributed by atoms with Crippen LogP contribution in [0.15, 0.2) is 72.8 Å². The van der Waals surface area contributed by atoms with Gasteiger partial charge in [-0.1, -0.05) is 49.5 Å². The number of aryl methyl sites for hydroxylation is 1. The zero-order valence-corrected chi connectivity index (χ0v) is 18.4. The molecule has 0 aromatic heterocycles. The number of unbranched alkanes of at least 4 members (excludes halogenated alkanes) is 1. The summed E-state index contributed by atoms with van der Waals surface area (Å²) in [6, 6.07) is 23.1. The highest BCUT2D eigenvalue weighted by Gasteiger charge is 2.18. The molecule has 0 fully saturated rings. The zero-order valence-electron chi connectivity index (χ0n) is 18.4. The Labute approximate surface area is 185 Å². The number of ether oxygens (including phenoxy) is 2. The third kappa shape index (κ3) is 6.49. The molecule has 0 bridgehead atoms. The molecule has 0 spiro atoms. The van der Waals surface area contributed by atoms with E-state index < -0.39 is 5.92 Å². The number of esters is 1. The van der Waals surface area contributed by atoms with Crippen LogP contribution in [0.5, 0.6) is 11.5 Å². The first kappa shape index (κ1) is 22.2. The van der Waals surface area contributed by atoms with Gasteiger partial charge in [-0.2, -0.15) is 0 Å². The summed E-state index contributed by atoms with van der Waals surface area (Å²) in [5.41, 5.74) is 4.06. The first-order valence-electron chi connectivity index (χ1n) is 10.7. The number of carbonyl (C=O) groups excluding carboxylic acids is 1. The van der Waals surface area contributed by atoms with E-state index in [0.29, 0.717) is 5.75 Å². The minimum absolute atomic E-state index is 0.310. The smallest absolute Gasteiger partial charge is 0.318 e. The van der Waals surface area contributed by atoms with Gasteiger partial charge in [-0.15, -0.1) is 0 Å². The lowest BCUT2D eigenvalue weighted by molar-refractivity contribution is -0.135. The van der Waals surface area contributed by atoms with E-state index in [-0.39, 0.29) is 5.97 Å². The Hall–Kier alpha value is -3.51. The molecule has 0 aliphatic carbocycles. The van der Waals surface area contributed by atoms with Crippen molar-refractivity contribution in [1.82, 2.24) is 0 Å². The number of carbonyl (C=O) groups is 1. The molecular formula is C28H28O3. The highest BCUT2D eigenvalue weighted by Crippen LogP contribution is 2.23. The van der Waals surface area contributed by atoms with Gasteiger partial charge < -0.3 is 9.47 Å². The van der Waals surface area contributed by atoms with Crippen molar-refractivity contribution in [2.24, 2.45) is 0 Å². The van der Waals surface area contributed by atoms with E-state index in [1.165, 1.54) is 18.4 Å². The third-order valence-corrected chi connectivity index (χ3v) is 5.14. The number of hydrogen-bond donors (Lipinski definition) is 0. The van der Waals surface area contributed by atoms with Gasteiger partial charge in [0.25, 0.3) is 0 Å². The van der Waals surface area contributed by atoms with Crippen LogP contribution in [0.1, 0.15) is 54.9 Å². The van der Waals surface area contributed by atoms with Crippen molar-refractivity contribution in [3.05, 3.63) is 95.1 Å². The van der Waals surface area contributed by atoms with Crippen LogP contribution in [-0.4, -0.2) is 13.1 Å². The standard InChI is InChI=1S/C28H28O3/c1-4-5-7-22-10-12-23(13-11-22)14-15-24-16-18-26(19-17-24)31-28(29)21(2)25-8-6-9-27(20-25)30-3/h6,8-13,16-21H,4-5,7H2,1-3H3/t21-/m1/s1. The zero-order chi connectivity index (χ0) is 22.1. The largest absolute Gasteiger partial charge is 0.497 e. The Balaban J connectivity index is 1.60. The van der Waals surface area contributed by atoms with Gasteiger partial charge in [-0.05, 0) is 79.4 Å². The molecule has 0 saturated carbocycles. The molecule has 1 atom stereocenters. The van der Waals surface area contributed by atoms with Crippen LogP contribution in [0.2, 0.25) is 0 Å². The predicted octanol–water partition coefficient (Wildman–Crippen LogP) is 6.15. The summed E-state index contributed by atoms with van der Waals surface area (Å²) in [5.74, 6) is 6.87. The summed E-state index contributed by atoms with van der Waals surface area (Å²) in [7, 11) is 1.61. The van der Waals surface area contributed by atoms with E-state index in [0.717, 1.165) is 28.9 Å². The van der Waals surface area contributed by atoms with Crippen molar-refractivity contribution in [1.29, 1.82) is 0 Å².